The molecule has 0 amide bonds. The van der Waals surface area contributed by atoms with Gasteiger partial charge in [-0.15, -0.1) is 0 Å². The molecule has 0 aromatic heterocycles. The fourth-order valence-corrected chi connectivity index (χ4v) is 2.52. The predicted octanol–water partition coefficient (Wildman–Crippen LogP) is -0.259. The van der Waals surface area contributed by atoms with Gasteiger partial charge >= 0.3 is 18.9 Å². The van der Waals surface area contributed by atoms with E-state index >= 15 is 0 Å². The summed E-state index contributed by atoms with van der Waals surface area (Å²) in [6, 6.07) is 19.2. The zero-order chi connectivity index (χ0) is 9.80. The van der Waals surface area contributed by atoms with Crippen LogP contribution in [-0.4, -0.2) is 0 Å². The van der Waals surface area contributed by atoms with E-state index in [0.717, 1.165) is 8.58 Å². The van der Waals surface area contributed by atoms with E-state index in [-0.39, 0.29) is 20.3 Å². The third-order valence-corrected chi connectivity index (χ3v) is 3.65. The van der Waals surface area contributed by atoms with E-state index in [1.54, 1.807) is 0 Å². The van der Waals surface area contributed by atoms with Crippen LogP contribution in [0, 0.1) is 6.92 Å². The first kappa shape index (κ1) is 12.5. The van der Waals surface area contributed by atoms with Gasteiger partial charge in [0.25, 0.3) is 0 Å². The average molecular weight is 208 g/mol. The van der Waals surface area contributed by atoms with Crippen molar-refractivity contribution in [3.05, 3.63) is 60.2 Å². The molecule has 0 saturated carbocycles. The Morgan fingerprint density at radius 1 is 0.867 bits per heavy atom. The van der Waals surface area contributed by atoms with E-state index in [1.165, 1.54) is 16.2 Å². The minimum Gasteiger partial charge on any atom is -1.00 e. The number of hydrogen-bond acceptors (Lipinski definition) is 0. The Bertz CT molecular complexity index is 417. The summed E-state index contributed by atoms with van der Waals surface area (Å²) in [6.07, 6.45) is 0. The quantitative estimate of drug-likeness (QED) is 0.471. The molecule has 0 saturated heterocycles. The Labute approximate surface area is 107 Å². The second kappa shape index (κ2) is 6.14. The zero-order valence-electron chi connectivity index (χ0n) is 10.2. The number of benzene rings is 2. The molecule has 0 aliphatic carbocycles. The van der Waals surface area contributed by atoms with Gasteiger partial charge in [-0.2, -0.15) is 0 Å². The van der Waals surface area contributed by atoms with Crippen molar-refractivity contribution in [2.24, 2.45) is 0 Å². The molecule has 0 spiro atoms. The summed E-state index contributed by atoms with van der Waals surface area (Å²) < 4.78 is 0. The van der Waals surface area contributed by atoms with Crippen molar-refractivity contribution < 1.29 is 20.3 Å². The van der Waals surface area contributed by atoms with Crippen LogP contribution in [0.15, 0.2) is 54.6 Å². The van der Waals surface area contributed by atoms with Gasteiger partial charge < -0.3 is 1.43 Å². The van der Waals surface area contributed by atoms with Gasteiger partial charge in [-0.1, -0.05) is 63.2 Å². The molecule has 0 radical (unpaired) electrons. The van der Waals surface area contributed by atoms with E-state index in [4.69, 9.17) is 0 Å². The van der Waals surface area contributed by atoms with E-state index in [0.29, 0.717) is 0 Å². The van der Waals surface area contributed by atoms with Crippen LogP contribution in [0.2, 0.25) is 0 Å². The molecule has 0 bridgehead atoms. The molecule has 0 heterocycles. The molecular formula is C13H14LiP. The third kappa shape index (κ3) is 3.51. The third-order valence-electron chi connectivity index (χ3n) is 2.20. The van der Waals surface area contributed by atoms with Crippen molar-refractivity contribution in [3.63, 3.8) is 0 Å². The minimum atomic E-state index is 0. The SMILES string of the molecule is Cc1ccccc1Pc1ccccc1.[H-].[Li+]. The van der Waals surface area contributed by atoms with Crippen molar-refractivity contribution in [2.45, 2.75) is 6.92 Å². The van der Waals surface area contributed by atoms with Gasteiger partial charge in [0.1, 0.15) is 0 Å². The molecule has 0 nitrogen and oxygen atoms in total. The Balaban J connectivity index is 0.00000112. The second-order valence-electron chi connectivity index (χ2n) is 3.31. The van der Waals surface area contributed by atoms with Crippen LogP contribution in [0.1, 0.15) is 6.99 Å². The molecule has 2 heteroatoms. The van der Waals surface area contributed by atoms with E-state index in [1.807, 2.05) is 0 Å². The second-order valence-corrected chi connectivity index (χ2v) is 4.67. The van der Waals surface area contributed by atoms with Gasteiger partial charge in [-0.25, -0.2) is 0 Å². The van der Waals surface area contributed by atoms with Gasteiger partial charge in [0.2, 0.25) is 0 Å². The number of hydrogen-bond donors (Lipinski definition) is 0. The molecule has 0 aliphatic rings. The van der Waals surface area contributed by atoms with E-state index in [2.05, 4.69) is 61.5 Å². The van der Waals surface area contributed by atoms with Crippen molar-refractivity contribution in [3.8, 4) is 0 Å². The standard InChI is InChI=1S/C13H13P.Li.H/c1-11-7-5-6-10-13(11)14-12-8-3-2-4-9-12;;/h2-10,14H,1H3;;/q;+1;-1. The van der Waals surface area contributed by atoms with Crippen LogP contribution in [0.3, 0.4) is 0 Å². The van der Waals surface area contributed by atoms with Crippen LogP contribution in [-0.2, 0) is 0 Å². The monoisotopic (exact) mass is 208 g/mol. The molecule has 0 aliphatic heterocycles. The normalized spacial score (nSPS) is 10.2. The molecular weight excluding hydrogens is 194 g/mol. The summed E-state index contributed by atoms with van der Waals surface area (Å²) in [5.74, 6) is 0. The molecule has 1 atom stereocenters. The Hall–Kier alpha value is -0.533. The first-order valence-electron chi connectivity index (χ1n) is 4.74. The Kier molecular flexibility index (Phi) is 5.13. The maximum atomic E-state index is 2.21. The van der Waals surface area contributed by atoms with Gasteiger partial charge in [0, 0.05) is 0 Å². The largest absolute Gasteiger partial charge is 1.00 e. The Morgan fingerprint density at radius 3 is 2.13 bits per heavy atom. The molecule has 0 fully saturated rings. The van der Waals surface area contributed by atoms with Gasteiger partial charge in [-0.05, 0) is 23.1 Å². The fourth-order valence-electron chi connectivity index (χ4n) is 1.39. The zero-order valence-corrected chi connectivity index (χ0v) is 10.2. The van der Waals surface area contributed by atoms with E-state index < -0.39 is 0 Å². The van der Waals surface area contributed by atoms with Crippen LogP contribution in [0.5, 0.6) is 0 Å². The van der Waals surface area contributed by atoms with Crippen LogP contribution in [0.4, 0.5) is 0 Å². The first-order valence-corrected chi connectivity index (χ1v) is 5.74. The summed E-state index contributed by atoms with van der Waals surface area (Å²) in [4.78, 5) is 0. The topological polar surface area (TPSA) is 0 Å². The molecule has 2 rings (SSSR count). The summed E-state index contributed by atoms with van der Waals surface area (Å²) >= 11 is 0. The first-order chi connectivity index (χ1) is 6.86. The molecule has 0 N–H and O–H groups in total. The molecule has 15 heavy (non-hydrogen) atoms. The summed E-state index contributed by atoms with van der Waals surface area (Å²) in [5.41, 5.74) is 1.38. The van der Waals surface area contributed by atoms with Gasteiger partial charge in [0.15, 0.2) is 0 Å². The summed E-state index contributed by atoms with van der Waals surface area (Å²) in [7, 11) is 0.776. The maximum Gasteiger partial charge on any atom is 1.00 e. The number of rotatable bonds is 2. The van der Waals surface area contributed by atoms with Crippen LogP contribution in [0.25, 0.3) is 0 Å². The summed E-state index contributed by atoms with van der Waals surface area (Å²) in [5, 5.41) is 2.85. The summed E-state index contributed by atoms with van der Waals surface area (Å²) in [6.45, 7) is 2.17. The maximum absolute atomic E-state index is 2.21. The van der Waals surface area contributed by atoms with Gasteiger partial charge in [0.05, 0.1) is 0 Å². The smallest absolute Gasteiger partial charge is 1.00 e. The van der Waals surface area contributed by atoms with E-state index in [9.17, 15) is 0 Å². The predicted molar refractivity (Wildman–Crippen MR) is 66.3 cm³/mol. The van der Waals surface area contributed by atoms with Gasteiger partial charge in [-0.3, -0.25) is 0 Å². The van der Waals surface area contributed by atoms with Crippen LogP contribution < -0.4 is 29.5 Å². The minimum absolute atomic E-state index is 0. The average Bonchev–Trinajstić information content (AvgIpc) is 2.23. The molecule has 1 unspecified atom stereocenters. The number of aryl methyl sites for hydroxylation is 1. The fraction of sp³-hybridized carbons (Fsp3) is 0.0769. The van der Waals surface area contributed by atoms with Crippen molar-refractivity contribution in [1.82, 2.24) is 0 Å². The Morgan fingerprint density at radius 2 is 1.47 bits per heavy atom. The van der Waals surface area contributed by atoms with Crippen LogP contribution >= 0.6 is 8.58 Å². The van der Waals surface area contributed by atoms with Crippen molar-refractivity contribution in [2.75, 3.05) is 0 Å². The molecule has 2 aromatic carbocycles. The molecule has 2 aromatic rings. The van der Waals surface area contributed by atoms with Crippen molar-refractivity contribution in [1.29, 1.82) is 0 Å². The van der Waals surface area contributed by atoms with Crippen molar-refractivity contribution >= 4 is 19.2 Å². The molecule has 72 valence electrons.